The highest BCUT2D eigenvalue weighted by molar-refractivity contribution is 4.99. The van der Waals surface area contributed by atoms with E-state index in [1.807, 2.05) is 6.07 Å². The molecule has 1 radical (unpaired) electrons. The Hall–Kier alpha value is -0.760. The van der Waals surface area contributed by atoms with Crippen molar-refractivity contribution in [2.24, 2.45) is 0 Å². The highest BCUT2D eigenvalue weighted by Gasteiger charge is 1.90. The van der Waals surface area contributed by atoms with Crippen molar-refractivity contribution in [2.75, 3.05) is 0 Å². The van der Waals surface area contributed by atoms with Gasteiger partial charge in [-0.1, -0.05) is 0 Å². The summed E-state index contributed by atoms with van der Waals surface area (Å²) in [6.45, 7) is 1.07. The van der Waals surface area contributed by atoms with Crippen molar-refractivity contribution in [1.82, 2.24) is 0 Å². The molecule has 2 heteroatoms. The van der Waals surface area contributed by atoms with Gasteiger partial charge in [-0.05, 0) is 12.1 Å². The second-order valence-electron chi connectivity index (χ2n) is 1.47. The first-order valence-electron chi connectivity index (χ1n) is 2.42. The summed E-state index contributed by atoms with van der Waals surface area (Å²) in [5.41, 5.74) is 0. The summed E-state index contributed by atoms with van der Waals surface area (Å²) < 4.78 is 4.88. The average Bonchev–Trinajstić information content (AvgIpc) is 2.19. The number of hydrogen-bond acceptors (Lipinski definition) is 2. The summed E-state index contributed by atoms with van der Waals surface area (Å²) in [4.78, 5) is 0. The van der Waals surface area contributed by atoms with Gasteiger partial charge in [0.15, 0.2) is 0 Å². The first-order valence-corrected chi connectivity index (χ1v) is 2.42. The molecule has 0 atom stereocenters. The molecule has 2 nitrogen and oxygen atoms in total. The van der Waals surface area contributed by atoms with Crippen LogP contribution in [-0.4, -0.2) is 5.11 Å². The van der Waals surface area contributed by atoms with Crippen LogP contribution in [0.3, 0.4) is 0 Å². The fourth-order valence-electron chi connectivity index (χ4n) is 0.519. The molecule has 0 unspecified atom stereocenters. The second-order valence-corrected chi connectivity index (χ2v) is 1.47. The van der Waals surface area contributed by atoms with E-state index in [-0.39, 0.29) is 0 Å². The SMILES string of the molecule is O[CH]Cc1ccco1. The summed E-state index contributed by atoms with van der Waals surface area (Å²) in [6.07, 6.45) is 2.08. The Bertz CT molecular complexity index is 132. The molecule has 0 aliphatic heterocycles. The van der Waals surface area contributed by atoms with E-state index in [1.165, 1.54) is 0 Å². The van der Waals surface area contributed by atoms with Gasteiger partial charge in [0, 0.05) is 6.42 Å². The smallest absolute Gasteiger partial charge is 0.106 e. The Morgan fingerprint density at radius 2 is 2.62 bits per heavy atom. The lowest BCUT2D eigenvalue weighted by Crippen LogP contribution is -1.78. The van der Waals surface area contributed by atoms with Gasteiger partial charge in [0.1, 0.15) is 5.76 Å². The summed E-state index contributed by atoms with van der Waals surface area (Å²) in [5, 5.41) is 8.25. The van der Waals surface area contributed by atoms with E-state index in [1.54, 1.807) is 12.3 Å². The lowest BCUT2D eigenvalue weighted by Gasteiger charge is -1.84. The van der Waals surface area contributed by atoms with Crippen molar-refractivity contribution in [3.8, 4) is 0 Å². The number of hydrogen-bond donors (Lipinski definition) is 1. The minimum absolute atomic E-state index is 0.493. The third kappa shape index (κ3) is 1.10. The van der Waals surface area contributed by atoms with Gasteiger partial charge >= 0.3 is 0 Å². The summed E-state index contributed by atoms with van der Waals surface area (Å²) in [6, 6.07) is 3.60. The third-order valence-corrected chi connectivity index (χ3v) is 0.873. The summed E-state index contributed by atoms with van der Waals surface area (Å²) >= 11 is 0. The van der Waals surface area contributed by atoms with Crippen LogP contribution in [0.5, 0.6) is 0 Å². The quantitative estimate of drug-likeness (QED) is 0.625. The molecule has 43 valence electrons. The predicted molar refractivity (Wildman–Crippen MR) is 28.6 cm³/mol. The first-order chi connectivity index (χ1) is 3.93. The number of aliphatic hydroxyl groups is 1. The molecule has 0 spiro atoms. The Balaban J connectivity index is 2.50. The fraction of sp³-hybridized carbons (Fsp3) is 0.167. The van der Waals surface area contributed by atoms with E-state index in [0.29, 0.717) is 6.42 Å². The van der Waals surface area contributed by atoms with Crippen LogP contribution in [0.4, 0.5) is 0 Å². The zero-order valence-corrected chi connectivity index (χ0v) is 4.37. The van der Waals surface area contributed by atoms with E-state index in [4.69, 9.17) is 9.52 Å². The van der Waals surface area contributed by atoms with Crippen molar-refractivity contribution in [1.29, 1.82) is 0 Å². The lowest BCUT2D eigenvalue weighted by molar-refractivity contribution is 0.369. The molecule has 1 aromatic heterocycles. The van der Waals surface area contributed by atoms with Crippen LogP contribution in [0.25, 0.3) is 0 Å². The zero-order chi connectivity index (χ0) is 5.82. The molecule has 0 aromatic carbocycles. The molecule has 8 heavy (non-hydrogen) atoms. The maximum Gasteiger partial charge on any atom is 0.106 e. The highest BCUT2D eigenvalue weighted by atomic mass is 16.3. The standard InChI is InChI=1S/C6H7O2/c7-4-3-6-2-1-5-8-6/h1-2,4-5,7H,3H2. The molecule has 0 saturated heterocycles. The molecule has 0 saturated carbocycles. The lowest BCUT2D eigenvalue weighted by atomic mass is 10.3. The van der Waals surface area contributed by atoms with Crippen molar-refractivity contribution < 1.29 is 9.52 Å². The zero-order valence-electron chi connectivity index (χ0n) is 4.37. The molecule has 1 aromatic rings. The Kier molecular flexibility index (Phi) is 1.70. The van der Waals surface area contributed by atoms with Gasteiger partial charge < -0.3 is 9.52 Å². The maximum atomic E-state index is 8.25. The molecule has 0 fully saturated rings. The topological polar surface area (TPSA) is 33.4 Å². The molecule has 0 amide bonds. The average molecular weight is 111 g/mol. The van der Waals surface area contributed by atoms with Crippen LogP contribution in [0.15, 0.2) is 22.8 Å². The Morgan fingerprint density at radius 1 is 1.75 bits per heavy atom. The Morgan fingerprint density at radius 3 is 3.12 bits per heavy atom. The van der Waals surface area contributed by atoms with Crippen LogP contribution in [0, 0.1) is 6.61 Å². The van der Waals surface area contributed by atoms with Gasteiger partial charge in [-0.3, -0.25) is 0 Å². The molecule has 0 aliphatic carbocycles. The minimum Gasteiger partial charge on any atom is -0.469 e. The Labute approximate surface area is 47.7 Å². The van der Waals surface area contributed by atoms with E-state index in [0.717, 1.165) is 12.4 Å². The van der Waals surface area contributed by atoms with E-state index >= 15 is 0 Å². The third-order valence-electron chi connectivity index (χ3n) is 0.873. The number of rotatable bonds is 2. The van der Waals surface area contributed by atoms with Gasteiger partial charge in [-0.25, -0.2) is 0 Å². The fourth-order valence-corrected chi connectivity index (χ4v) is 0.519. The highest BCUT2D eigenvalue weighted by Crippen LogP contribution is 2.00. The normalized spacial score (nSPS) is 9.62. The molecular formula is C6H7O2. The number of aliphatic hydroxyl groups excluding tert-OH is 1. The minimum atomic E-state index is 0.493. The molecule has 0 aliphatic rings. The molecule has 1 rings (SSSR count). The van der Waals surface area contributed by atoms with Crippen LogP contribution in [0.2, 0.25) is 0 Å². The molecule has 1 N–H and O–H groups in total. The predicted octanol–water partition coefficient (Wildman–Crippen LogP) is 1.36. The molecule has 0 bridgehead atoms. The van der Waals surface area contributed by atoms with E-state index in [2.05, 4.69) is 0 Å². The maximum absolute atomic E-state index is 8.25. The van der Waals surface area contributed by atoms with Crippen molar-refractivity contribution in [2.45, 2.75) is 6.42 Å². The van der Waals surface area contributed by atoms with Crippen LogP contribution in [-0.2, 0) is 6.42 Å². The van der Waals surface area contributed by atoms with Gasteiger partial charge in [0.05, 0.1) is 12.9 Å². The van der Waals surface area contributed by atoms with E-state index in [9.17, 15) is 0 Å². The van der Waals surface area contributed by atoms with Crippen LogP contribution < -0.4 is 0 Å². The van der Waals surface area contributed by atoms with Gasteiger partial charge in [0.25, 0.3) is 0 Å². The van der Waals surface area contributed by atoms with Crippen LogP contribution in [0.1, 0.15) is 5.76 Å². The van der Waals surface area contributed by atoms with Crippen LogP contribution >= 0.6 is 0 Å². The largest absolute Gasteiger partial charge is 0.469 e. The van der Waals surface area contributed by atoms with Gasteiger partial charge in [0.2, 0.25) is 0 Å². The van der Waals surface area contributed by atoms with Gasteiger partial charge in [-0.2, -0.15) is 0 Å². The summed E-state index contributed by atoms with van der Waals surface area (Å²) in [5.74, 6) is 0.785. The summed E-state index contributed by atoms with van der Waals surface area (Å²) in [7, 11) is 0. The molecular weight excluding hydrogens is 104 g/mol. The van der Waals surface area contributed by atoms with Crippen molar-refractivity contribution in [3.63, 3.8) is 0 Å². The van der Waals surface area contributed by atoms with Crippen molar-refractivity contribution >= 4 is 0 Å². The first kappa shape index (κ1) is 5.38. The van der Waals surface area contributed by atoms with Gasteiger partial charge in [-0.15, -0.1) is 0 Å². The van der Waals surface area contributed by atoms with Crippen molar-refractivity contribution in [3.05, 3.63) is 30.8 Å². The molecule has 1 heterocycles. The monoisotopic (exact) mass is 111 g/mol. The number of furan rings is 1. The second kappa shape index (κ2) is 2.52. The van der Waals surface area contributed by atoms with E-state index < -0.39 is 0 Å².